The van der Waals surface area contributed by atoms with Crippen LogP contribution in [0.1, 0.15) is 16.9 Å². The summed E-state index contributed by atoms with van der Waals surface area (Å²) in [5.74, 6) is -1.09. The van der Waals surface area contributed by atoms with Gasteiger partial charge in [-0.15, -0.1) is 0 Å². The molecular formula is C22H11F6N3O4. The monoisotopic (exact) mass is 495 g/mol. The normalized spacial score (nSPS) is 12.2. The first-order valence-electron chi connectivity index (χ1n) is 9.35. The Balaban J connectivity index is 1.86. The fourth-order valence-corrected chi connectivity index (χ4v) is 2.85. The van der Waals surface area contributed by atoms with Crippen molar-refractivity contribution in [2.24, 2.45) is 0 Å². The molecule has 0 unspecified atom stereocenters. The maximum atomic E-state index is 13.0. The number of halogens is 6. The smallest absolute Gasteiger partial charge is 0.416 e. The molecule has 0 atom stereocenters. The lowest BCUT2D eigenvalue weighted by Gasteiger charge is -2.14. The number of rotatable bonds is 5. The lowest BCUT2D eigenvalue weighted by atomic mass is 10.1. The Morgan fingerprint density at radius 1 is 0.971 bits per heavy atom. The van der Waals surface area contributed by atoms with E-state index in [2.05, 4.69) is 0 Å². The van der Waals surface area contributed by atoms with Crippen molar-refractivity contribution in [3.63, 3.8) is 0 Å². The van der Waals surface area contributed by atoms with E-state index in [-0.39, 0.29) is 23.3 Å². The molecule has 1 aromatic heterocycles. The number of nitrogens with zero attached hydrogens (tertiary/aromatic N) is 2. The summed E-state index contributed by atoms with van der Waals surface area (Å²) in [7, 11) is 0. The first-order valence-corrected chi connectivity index (χ1v) is 9.35. The summed E-state index contributed by atoms with van der Waals surface area (Å²) >= 11 is 0. The van der Waals surface area contributed by atoms with Crippen molar-refractivity contribution in [1.82, 2.24) is 0 Å². The highest BCUT2D eigenvalue weighted by Gasteiger charge is 2.37. The van der Waals surface area contributed by atoms with Gasteiger partial charge < -0.3 is 9.73 Å². The molecule has 0 saturated heterocycles. The predicted octanol–water partition coefficient (Wildman–Crippen LogP) is 6.44. The predicted molar refractivity (Wildman–Crippen MR) is 109 cm³/mol. The van der Waals surface area contributed by atoms with Gasteiger partial charge in [0, 0.05) is 29.5 Å². The SMILES string of the molecule is N#C/C(=C\c1ccc(-c2ccc([N+](=O)[O-])cc2)o1)C(=O)Nc1cc(C(F)(F)F)cc(C(F)(F)F)c1. The number of furan rings is 1. The van der Waals surface area contributed by atoms with Crippen molar-refractivity contribution in [3.8, 4) is 17.4 Å². The molecule has 180 valence electrons. The number of benzene rings is 2. The summed E-state index contributed by atoms with van der Waals surface area (Å²) in [5, 5.41) is 21.9. The number of hydrogen-bond acceptors (Lipinski definition) is 5. The van der Waals surface area contributed by atoms with Crippen LogP contribution in [0.2, 0.25) is 0 Å². The summed E-state index contributed by atoms with van der Waals surface area (Å²) in [4.78, 5) is 22.5. The van der Waals surface area contributed by atoms with Gasteiger partial charge in [-0.05, 0) is 42.5 Å². The molecule has 7 nitrogen and oxygen atoms in total. The maximum Gasteiger partial charge on any atom is 0.416 e. The minimum Gasteiger partial charge on any atom is -0.457 e. The third kappa shape index (κ3) is 6.05. The molecule has 0 aliphatic carbocycles. The van der Waals surface area contributed by atoms with E-state index in [0.29, 0.717) is 17.7 Å². The van der Waals surface area contributed by atoms with Crippen LogP contribution in [0.25, 0.3) is 17.4 Å². The molecule has 1 amide bonds. The number of nitriles is 1. The number of anilines is 1. The van der Waals surface area contributed by atoms with Gasteiger partial charge in [-0.1, -0.05) is 0 Å². The summed E-state index contributed by atoms with van der Waals surface area (Å²) in [5.41, 5.74) is -4.48. The minimum absolute atomic E-state index is 0.0370. The second-order valence-corrected chi connectivity index (χ2v) is 6.92. The Morgan fingerprint density at radius 3 is 2.03 bits per heavy atom. The quantitative estimate of drug-likeness (QED) is 0.144. The van der Waals surface area contributed by atoms with Gasteiger partial charge in [-0.25, -0.2) is 0 Å². The largest absolute Gasteiger partial charge is 0.457 e. The highest BCUT2D eigenvalue weighted by molar-refractivity contribution is 6.09. The molecule has 0 aliphatic rings. The number of amides is 1. The number of carbonyl (C=O) groups excluding carboxylic acids is 1. The number of nitro groups is 1. The fraction of sp³-hybridized carbons (Fsp3) is 0.0909. The molecule has 0 radical (unpaired) electrons. The van der Waals surface area contributed by atoms with Crippen molar-refractivity contribution in [2.45, 2.75) is 12.4 Å². The van der Waals surface area contributed by atoms with E-state index in [4.69, 9.17) is 4.42 Å². The number of nitro benzene ring substituents is 1. The molecule has 0 fully saturated rings. The van der Waals surface area contributed by atoms with E-state index in [1.807, 2.05) is 5.32 Å². The first kappa shape index (κ1) is 25.0. The number of non-ortho nitro benzene ring substituents is 1. The zero-order valence-electron chi connectivity index (χ0n) is 17.1. The zero-order valence-corrected chi connectivity index (χ0v) is 17.1. The highest BCUT2D eigenvalue weighted by Crippen LogP contribution is 2.37. The van der Waals surface area contributed by atoms with E-state index in [0.717, 1.165) is 6.08 Å². The second-order valence-electron chi connectivity index (χ2n) is 6.92. The molecule has 1 heterocycles. The average Bonchev–Trinajstić information content (AvgIpc) is 3.24. The second kappa shape index (κ2) is 9.34. The molecule has 0 bridgehead atoms. The number of hydrogen-bond donors (Lipinski definition) is 1. The molecule has 0 saturated carbocycles. The van der Waals surface area contributed by atoms with E-state index >= 15 is 0 Å². The molecule has 13 heteroatoms. The van der Waals surface area contributed by atoms with Crippen molar-refractivity contribution in [1.29, 1.82) is 5.26 Å². The molecule has 0 aliphatic heterocycles. The fourth-order valence-electron chi connectivity index (χ4n) is 2.85. The van der Waals surface area contributed by atoms with Gasteiger partial charge in [0.1, 0.15) is 23.2 Å². The first-order chi connectivity index (χ1) is 16.3. The lowest BCUT2D eigenvalue weighted by Crippen LogP contribution is -2.16. The van der Waals surface area contributed by atoms with Gasteiger partial charge in [-0.3, -0.25) is 14.9 Å². The van der Waals surface area contributed by atoms with Gasteiger partial charge in [0.2, 0.25) is 0 Å². The summed E-state index contributed by atoms with van der Waals surface area (Å²) < 4.78 is 83.5. The van der Waals surface area contributed by atoms with Crippen LogP contribution in [-0.2, 0) is 17.1 Å². The van der Waals surface area contributed by atoms with Crippen molar-refractivity contribution < 1.29 is 40.5 Å². The van der Waals surface area contributed by atoms with E-state index in [9.17, 15) is 46.5 Å². The van der Waals surface area contributed by atoms with Gasteiger partial charge in [-0.2, -0.15) is 31.6 Å². The Hall–Kier alpha value is -4.60. The van der Waals surface area contributed by atoms with Gasteiger partial charge in [0.05, 0.1) is 16.1 Å². The van der Waals surface area contributed by atoms with Crippen LogP contribution in [0.5, 0.6) is 0 Å². The third-order valence-corrected chi connectivity index (χ3v) is 4.49. The number of nitrogens with one attached hydrogen (secondary N) is 1. The van der Waals surface area contributed by atoms with Crippen LogP contribution in [0.4, 0.5) is 37.7 Å². The van der Waals surface area contributed by atoms with Crippen LogP contribution in [-0.4, -0.2) is 10.8 Å². The third-order valence-electron chi connectivity index (χ3n) is 4.49. The molecule has 3 rings (SSSR count). The lowest BCUT2D eigenvalue weighted by molar-refractivity contribution is -0.384. The number of alkyl halides is 6. The molecule has 2 aromatic carbocycles. The summed E-state index contributed by atoms with van der Waals surface area (Å²) in [6, 6.07) is 10.0. The van der Waals surface area contributed by atoms with Crippen molar-refractivity contribution in [3.05, 3.63) is 87.2 Å². The maximum absolute atomic E-state index is 13.0. The molecule has 1 N–H and O–H groups in total. The van der Waals surface area contributed by atoms with Gasteiger partial charge in [0.25, 0.3) is 11.6 Å². The Kier molecular flexibility index (Phi) is 6.68. The van der Waals surface area contributed by atoms with Crippen LogP contribution in [0.15, 0.2) is 64.6 Å². The average molecular weight is 495 g/mol. The van der Waals surface area contributed by atoms with Crippen LogP contribution in [0, 0.1) is 21.4 Å². The molecule has 0 spiro atoms. The highest BCUT2D eigenvalue weighted by atomic mass is 19.4. The topological polar surface area (TPSA) is 109 Å². The standard InChI is InChI=1S/C22H11F6N3O4/c23-21(24,25)14-8-15(22(26,27)28)10-16(9-14)30-20(32)13(11-29)7-18-5-6-19(35-18)12-1-3-17(4-2-12)31(33)34/h1-10H,(H,30,32)/b13-7+. The van der Waals surface area contributed by atoms with E-state index in [1.165, 1.54) is 42.5 Å². The van der Waals surface area contributed by atoms with Crippen LogP contribution >= 0.6 is 0 Å². The van der Waals surface area contributed by atoms with Crippen molar-refractivity contribution >= 4 is 23.4 Å². The van der Waals surface area contributed by atoms with E-state index < -0.39 is 45.6 Å². The number of carbonyl (C=O) groups is 1. The summed E-state index contributed by atoms with van der Waals surface area (Å²) in [6.45, 7) is 0. The van der Waals surface area contributed by atoms with Crippen LogP contribution in [0.3, 0.4) is 0 Å². The molecule has 3 aromatic rings. The zero-order chi connectivity index (χ0) is 26.0. The summed E-state index contributed by atoms with van der Waals surface area (Å²) in [6.07, 6.45) is -9.29. The molecular weight excluding hydrogens is 484 g/mol. The molecule has 35 heavy (non-hydrogen) atoms. The van der Waals surface area contributed by atoms with Crippen molar-refractivity contribution in [2.75, 3.05) is 5.32 Å². The minimum atomic E-state index is -5.11. The Labute approximate surface area is 192 Å². The van der Waals surface area contributed by atoms with E-state index in [1.54, 1.807) is 0 Å². The Morgan fingerprint density at radius 2 is 1.54 bits per heavy atom. The van der Waals surface area contributed by atoms with Crippen LogP contribution < -0.4 is 5.32 Å². The van der Waals surface area contributed by atoms with Gasteiger partial charge >= 0.3 is 12.4 Å². The van der Waals surface area contributed by atoms with Gasteiger partial charge in [0.15, 0.2) is 0 Å². The Bertz CT molecular complexity index is 1320.